The first-order valence-electron chi connectivity index (χ1n) is 7.49. The van der Waals surface area contributed by atoms with Crippen molar-refractivity contribution in [3.05, 3.63) is 65.0 Å². The van der Waals surface area contributed by atoms with E-state index in [1.807, 2.05) is 48.2 Å². The number of aryl methyl sites for hydroxylation is 1. The van der Waals surface area contributed by atoms with Crippen molar-refractivity contribution in [2.45, 2.75) is 25.8 Å². The SMILES string of the molecule is C#Cc1ccc(C2CCCN2C(=O)c2cc(C)ccn2)cc1. The average molecular weight is 290 g/mol. The Kier molecular flexibility index (Phi) is 3.93. The van der Waals surface area contributed by atoms with Gasteiger partial charge in [0.1, 0.15) is 5.69 Å². The van der Waals surface area contributed by atoms with Crippen LogP contribution in [-0.4, -0.2) is 22.3 Å². The minimum absolute atomic E-state index is 0.00669. The van der Waals surface area contributed by atoms with Crippen LogP contribution in [0.5, 0.6) is 0 Å². The van der Waals surface area contributed by atoms with E-state index in [0.717, 1.165) is 36.1 Å². The minimum Gasteiger partial charge on any atom is -0.330 e. The Bertz CT molecular complexity index is 728. The lowest BCUT2D eigenvalue weighted by atomic mass is 10.0. The Balaban J connectivity index is 1.86. The Morgan fingerprint density at radius 2 is 2.09 bits per heavy atom. The highest BCUT2D eigenvalue weighted by Gasteiger charge is 2.31. The number of hydrogen-bond acceptors (Lipinski definition) is 2. The number of amides is 1. The molecule has 0 aliphatic carbocycles. The second-order valence-corrected chi connectivity index (χ2v) is 5.64. The molecule has 0 bridgehead atoms. The summed E-state index contributed by atoms with van der Waals surface area (Å²) < 4.78 is 0. The Morgan fingerprint density at radius 3 is 2.77 bits per heavy atom. The van der Waals surface area contributed by atoms with E-state index >= 15 is 0 Å². The monoisotopic (exact) mass is 290 g/mol. The van der Waals surface area contributed by atoms with Gasteiger partial charge in [-0.15, -0.1) is 6.42 Å². The molecule has 3 rings (SSSR count). The van der Waals surface area contributed by atoms with E-state index in [9.17, 15) is 4.79 Å². The van der Waals surface area contributed by atoms with Gasteiger partial charge in [0, 0.05) is 18.3 Å². The van der Waals surface area contributed by atoms with Crippen LogP contribution in [0.15, 0.2) is 42.6 Å². The molecule has 1 aliphatic heterocycles. The van der Waals surface area contributed by atoms with Crippen LogP contribution in [0.25, 0.3) is 0 Å². The quantitative estimate of drug-likeness (QED) is 0.795. The smallest absolute Gasteiger partial charge is 0.272 e. The molecule has 1 atom stereocenters. The molecule has 2 heterocycles. The van der Waals surface area contributed by atoms with Crippen molar-refractivity contribution in [2.24, 2.45) is 0 Å². The maximum absolute atomic E-state index is 12.7. The largest absolute Gasteiger partial charge is 0.330 e. The molecule has 1 aromatic heterocycles. The average Bonchev–Trinajstić information content (AvgIpc) is 3.04. The van der Waals surface area contributed by atoms with Gasteiger partial charge in [-0.3, -0.25) is 9.78 Å². The first-order valence-corrected chi connectivity index (χ1v) is 7.49. The van der Waals surface area contributed by atoms with Crippen LogP contribution in [0, 0.1) is 19.3 Å². The molecule has 0 saturated carbocycles. The van der Waals surface area contributed by atoms with Gasteiger partial charge in [0.25, 0.3) is 5.91 Å². The van der Waals surface area contributed by atoms with Crippen molar-refractivity contribution in [1.82, 2.24) is 9.88 Å². The third-order valence-electron chi connectivity index (χ3n) is 4.11. The number of aromatic nitrogens is 1. The molecule has 0 N–H and O–H groups in total. The van der Waals surface area contributed by atoms with Gasteiger partial charge in [0.15, 0.2) is 0 Å². The molecule has 1 unspecified atom stereocenters. The summed E-state index contributed by atoms with van der Waals surface area (Å²) in [7, 11) is 0. The molecular formula is C19H18N2O. The van der Waals surface area contributed by atoms with Crippen LogP contribution in [0.2, 0.25) is 0 Å². The molecule has 1 saturated heterocycles. The fourth-order valence-corrected chi connectivity index (χ4v) is 2.96. The van der Waals surface area contributed by atoms with E-state index in [2.05, 4.69) is 10.9 Å². The van der Waals surface area contributed by atoms with Crippen LogP contribution in [0.4, 0.5) is 0 Å². The second kappa shape index (κ2) is 6.03. The van der Waals surface area contributed by atoms with Crippen molar-refractivity contribution in [3.8, 4) is 12.3 Å². The van der Waals surface area contributed by atoms with Gasteiger partial charge in [-0.25, -0.2) is 0 Å². The lowest BCUT2D eigenvalue weighted by Gasteiger charge is -2.25. The number of terminal acetylenes is 1. The number of nitrogens with zero attached hydrogens (tertiary/aromatic N) is 2. The van der Waals surface area contributed by atoms with Gasteiger partial charge in [0.05, 0.1) is 6.04 Å². The number of rotatable bonds is 2. The van der Waals surface area contributed by atoms with Gasteiger partial charge >= 0.3 is 0 Å². The summed E-state index contributed by atoms with van der Waals surface area (Å²) in [6.07, 6.45) is 9.08. The maximum atomic E-state index is 12.7. The normalized spacial score (nSPS) is 17.3. The maximum Gasteiger partial charge on any atom is 0.272 e. The molecule has 3 nitrogen and oxygen atoms in total. The molecule has 1 aromatic carbocycles. The van der Waals surface area contributed by atoms with Crippen molar-refractivity contribution in [2.75, 3.05) is 6.54 Å². The predicted octanol–water partition coefficient (Wildman–Crippen LogP) is 3.35. The first kappa shape index (κ1) is 14.3. The molecule has 0 spiro atoms. The van der Waals surface area contributed by atoms with Gasteiger partial charge in [-0.1, -0.05) is 18.1 Å². The summed E-state index contributed by atoms with van der Waals surface area (Å²) in [6.45, 7) is 2.74. The molecule has 22 heavy (non-hydrogen) atoms. The highest BCUT2D eigenvalue weighted by molar-refractivity contribution is 5.93. The van der Waals surface area contributed by atoms with Crippen molar-refractivity contribution in [1.29, 1.82) is 0 Å². The summed E-state index contributed by atoms with van der Waals surface area (Å²) >= 11 is 0. The van der Waals surface area contributed by atoms with E-state index in [-0.39, 0.29) is 11.9 Å². The van der Waals surface area contributed by atoms with Gasteiger partial charge in [-0.2, -0.15) is 0 Å². The fourth-order valence-electron chi connectivity index (χ4n) is 2.96. The third-order valence-corrected chi connectivity index (χ3v) is 4.11. The molecule has 110 valence electrons. The van der Waals surface area contributed by atoms with E-state index in [4.69, 9.17) is 6.42 Å². The van der Waals surface area contributed by atoms with Gasteiger partial charge < -0.3 is 4.90 Å². The molecule has 1 amide bonds. The summed E-state index contributed by atoms with van der Waals surface area (Å²) in [4.78, 5) is 18.9. The third kappa shape index (κ3) is 2.73. The predicted molar refractivity (Wildman–Crippen MR) is 86.4 cm³/mol. The highest BCUT2D eigenvalue weighted by Crippen LogP contribution is 2.33. The number of carbonyl (C=O) groups excluding carboxylic acids is 1. The Morgan fingerprint density at radius 1 is 1.32 bits per heavy atom. The van der Waals surface area contributed by atoms with Gasteiger partial charge in [0.2, 0.25) is 0 Å². The number of hydrogen-bond donors (Lipinski definition) is 0. The zero-order valence-electron chi connectivity index (χ0n) is 12.6. The van der Waals surface area contributed by atoms with E-state index in [0.29, 0.717) is 5.69 Å². The van der Waals surface area contributed by atoms with E-state index in [1.54, 1.807) is 6.20 Å². The zero-order chi connectivity index (χ0) is 15.5. The first-order chi connectivity index (χ1) is 10.7. The van der Waals surface area contributed by atoms with Crippen LogP contribution in [0.1, 0.15) is 46.1 Å². The van der Waals surface area contributed by atoms with Crippen LogP contribution >= 0.6 is 0 Å². The number of pyridine rings is 1. The molecule has 1 aliphatic rings. The Labute approximate surface area is 131 Å². The van der Waals surface area contributed by atoms with E-state index < -0.39 is 0 Å². The van der Waals surface area contributed by atoms with Crippen LogP contribution in [-0.2, 0) is 0 Å². The van der Waals surface area contributed by atoms with Gasteiger partial charge in [-0.05, 0) is 55.2 Å². The highest BCUT2D eigenvalue weighted by atomic mass is 16.2. The lowest BCUT2D eigenvalue weighted by Crippen LogP contribution is -2.31. The molecule has 3 heteroatoms. The Hall–Kier alpha value is -2.60. The zero-order valence-corrected chi connectivity index (χ0v) is 12.6. The van der Waals surface area contributed by atoms with E-state index in [1.165, 1.54) is 0 Å². The summed E-state index contributed by atoms with van der Waals surface area (Å²) in [5, 5.41) is 0. The summed E-state index contributed by atoms with van der Waals surface area (Å²) in [5.74, 6) is 2.63. The summed E-state index contributed by atoms with van der Waals surface area (Å²) in [6, 6.07) is 11.8. The summed E-state index contributed by atoms with van der Waals surface area (Å²) in [5.41, 5.74) is 3.57. The molecule has 0 radical (unpaired) electrons. The lowest BCUT2D eigenvalue weighted by molar-refractivity contribution is 0.0729. The molecule has 2 aromatic rings. The molecular weight excluding hydrogens is 272 g/mol. The number of carbonyl (C=O) groups is 1. The standard InChI is InChI=1S/C19H18N2O/c1-3-15-6-8-16(9-7-15)18-5-4-12-21(18)19(22)17-13-14(2)10-11-20-17/h1,6-11,13,18H,4-5,12H2,2H3. The van der Waals surface area contributed by atoms with Crippen LogP contribution < -0.4 is 0 Å². The second-order valence-electron chi connectivity index (χ2n) is 5.64. The molecule has 1 fully saturated rings. The number of benzene rings is 1. The number of likely N-dealkylation sites (tertiary alicyclic amines) is 1. The van der Waals surface area contributed by atoms with Crippen molar-refractivity contribution in [3.63, 3.8) is 0 Å². The minimum atomic E-state index is 0.00669. The van der Waals surface area contributed by atoms with Crippen molar-refractivity contribution < 1.29 is 4.79 Å². The fraction of sp³-hybridized carbons (Fsp3) is 0.263. The van der Waals surface area contributed by atoms with Crippen molar-refractivity contribution >= 4 is 5.91 Å². The van der Waals surface area contributed by atoms with Crippen LogP contribution in [0.3, 0.4) is 0 Å². The topological polar surface area (TPSA) is 33.2 Å².